The summed E-state index contributed by atoms with van der Waals surface area (Å²) in [6, 6.07) is 7.06. The third-order valence-corrected chi connectivity index (χ3v) is 4.82. The van der Waals surface area contributed by atoms with Crippen molar-refractivity contribution in [2.75, 3.05) is 0 Å². The summed E-state index contributed by atoms with van der Waals surface area (Å²) in [6.45, 7) is 5.90. The highest BCUT2D eigenvalue weighted by atomic mass is 16.4. The van der Waals surface area contributed by atoms with Crippen molar-refractivity contribution in [1.29, 1.82) is 0 Å². The van der Waals surface area contributed by atoms with Gasteiger partial charge in [-0.05, 0) is 49.1 Å². The predicted molar refractivity (Wildman–Crippen MR) is 98.4 cm³/mol. The van der Waals surface area contributed by atoms with E-state index in [2.05, 4.69) is 22.8 Å². The minimum absolute atomic E-state index is 0.0128. The maximum Gasteiger partial charge on any atom is 0.320 e. The highest BCUT2D eigenvalue weighted by Gasteiger charge is 2.29. The lowest BCUT2D eigenvalue weighted by Gasteiger charge is -2.30. The molecule has 3 atom stereocenters. The number of amides is 1. The van der Waals surface area contributed by atoms with Gasteiger partial charge in [0.2, 0.25) is 5.91 Å². The topological polar surface area (TPSA) is 78.4 Å². The summed E-state index contributed by atoms with van der Waals surface area (Å²) in [5.41, 5.74) is 2.49. The second kappa shape index (κ2) is 8.99. The highest BCUT2D eigenvalue weighted by Crippen LogP contribution is 2.29. The van der Waals surface area contributed by atoms with Crippen LogP contribution in [-0.4, -0.2) is 29.1 Å². The first-order valence-corrected chi connectivity index (χ1v) is 9.29. The van der Waals surface area contributed by atoms with Gasteiger partial charge in [-0.2, -0.15) is 0 Å². The molecule has 1 aromatic rings. The van der Waals surface area contributed by atoms with Crippen molar-refractivity contribution in [3.05, 3.63) is 35.4 Å². The molecule has 0 fully saturated rings. The van der Waals surface area contributed by atoms with Crippen LogP contribution in [0.4, 0.5) is 0 Å². The normalized spacial score (nSPS) is 19.1. The lowest BCUT2D eigenvalue weighted by atomic mass is 9.87. The van der Waals surface area contributed by atoms with Gasteiger partial charge >= 0.3 is 5.97 Å². The van der Waals surface area contributed by atoms with Crippen molar-refractivity contribution < 1.29 is 14.7 Å². The minimum Gasteiger partial charge on any atom is -0.480 e. The van der Waals surface area contributed by atoms with E-state index in [0.29, 0.717) is 18.8 Å². The first kappa shape index (κ1) is 19.4. The first-order valence-electron chi connectivity index (χ1n) is 9.29. The molecule has 3 unspecified atom stereocenters. The van der Waals surface area contributed by atoms with Crippen LogP contribution in [0.15, 0.2) is 24.3 Å². The summed E-state index contributed by atoms with van der Waals surface area (Å²) in [5.74, 6) is -0.713. The Kier molecular flexibility index (Phi) is 7.00. The Hall–Kier alpha value is -1.88. The van der Waals surface area contributed by atoms with Crippen molar-refractivity contribution in [2.45, 2.75) is 71.0 Å². The summed E-state index contributed by atoms with van der Waals surface area (Å²) in [5, 5.41) is 15.5. The molecule has 1 aromatic carbocycles. The lowest BCUT2D eigenvalue weighted by Crippen LogP contribution is -2.52. The van der Waals surface area contributed by atoms with Gasteiger partial charge in [0.25, 0.3) is 0 Å². The van der Waals surface area contributed by atoms with Gasteiger partial charge in [-0.1, -0.05) is 45.0 Å². The van der Waals surface area contributed by atoms with Crippen molar-refractivity contribution in [3.8, 4) is 0 Å². The van der Waals surface area contributed by atoms with E-state index in [1.165, 1.54) is 11.1 Å². The molecule has 0 spiro atoms. The molecule has 1 aliphatic carbocycles. The van der Waals surface area contributed by atoms with Crippen molar-refractivity contribution in [1.82, 2.24) is 10.6 Å². The molecule has 1 amide bonds. The molecule has 3 N–H and O–H groups in total. The van der Waals surface area contributed by atoms with Crippen molar-refractivity contribution >= 4 is 11.9 Å². The number of carboxylic acid groups (broad SMARTS) is 1. The lowest BCUT2D eigenvalue weighted by molar-refractivity contribution is -0.140. The van der Waals surface area contributed by atoms with Crippen LogP contribution >= 0.6 is 0 Å². The zero-order valence-corrected chi connectivity index (χ0v) is 15.4. The first-order chi connectivity index (χ1) is 11.9. The summed E-state index contributed by atoms with van der Waals surface area (Å²) < 4.78 is 0. The van der Waals surface area contributed by atoms with Crippen LogP contribution in [0, 0.1) is 5.92 Å². The number of fused-ring (bicyclic) bond motifs is 1. The molecule has 25 heavy (non-hydrogen) atoms. The number of benzene rings is 1. The van der Waals surface area contributed by atoms with Crippen LogP contribution in [0.25, 0.3) is 0 Å². The van der Waals surface area contributed by atoms with Crippen molar-refractivity contribution in [2.24, 2.45) is 5.92 Å². The van der Waals surface area contributed by atoms with E-state index >= 15 is 0 Å². The van der Waals surface area contributed by atoms with Crippen LogP contribution in [0.5, 0.6) is 0 Å². The number of hydrogen-bond donors (Lipinski definition) is 3. The van der Waals surface area contributed by atoms with E-state index in [4.69, 9.17) is 0 Å². The third-order valence-electron chi connectivity index (χ3n) is 4.82. The zero-order valence-electron chi connectivity index (χ0n) is 15.4. The molecule has 0 bridgehead atoms. The average molecular weight is 346 g/mol. The fourth-order valence-corrected chi connectivity index (χ4v) is 3.50. The fraction of sp³-hybridized carbons (Fsp3) is 0.600. The molecule has 0 saturated carbocycles. The van der Waals surface area contributed by atoms with Gasteiger partial charge in [0.1, 0.15) is 6.04 Å². The molecule has 2 rings (SSSR count). The van der Waals surface area contributed by atoms with Gasteiger partial charge in [0.15, 0.2) is 0 Å². The Bertz CT molecular complexity index is 600. The molecule has 0 aromatic heterocycles. The Morgan fingerprint density at radius 1 is 1.24 bits per heavy atom. The van der Waals surface area contributed by atoms with Gasteiger partial charge in [0.05, 0.1) is 12.1 Å². The van der Waals surface area contributed by atoms with Gasteiger partial charge in [-0.15, -0.1) is 0 Å². The number of rotatable bonds is 8. The Labute approximate surface area is 150 Å². The van der Waals surface area contributed by atoms with Crippen LogP contribution in [0.3, 0.4) is 0 Å². The minimum atomic E-state index is -0.910. The number of aryl methyl sites for hydroxylation is 1. The maximum absolute atomic E-state index is 12.9. The van der Waals surface area contributed by atoms with Crippen molar-refractivity contribution in [3.63, 3.8) is 0 Å². The van der Waals surface area contributed by atoms with E-state index in [1.54, 1.807) is 0 Å². The van der Waals surface area contributed by atoms with Crippen LogP contribution < -0.4 is 10.6 Å². The molecular weight excluding hydrogens is 316 g/mol. The third kappa shape index (κ3) is 5.30. The van der Waals surface area contributed by atoms with Crippen LogP contribution in [0.1, 0.15) is 63.6 Å². The smallest absolute Gasteiger partial charge is 0.320 e. The fourth-order valence-electron chi connectivity index (χ4n) is 3.50. The van der Waals surface area contributed by atoms with Gasteiger partial charge in [0, 0.05) is 0 Å². The summed E-state index contributed by atoms with van der Waals surface area (Å²) in [4.78, 5) is 24.2. The number of carbonyl (C=O) groups is 2. The molecule has 1 aliphatic rings. The average Bonchev–Trinajstić information content (AvgIpc) is 2.58. The number of aliphatic carboxylic acids is 1. The molecule has 0 saturated heterocycles. The number of carboxylic acids is 1. The number of nitrogens with one attached hydrogen (secondary N) is 2. The van der Waals surface area contributed by atoms with Crippen LogP contribution in [0.2, 0.25) is 0 Å². The molecule has 5 heteroatoms. The second-order valence-corrected chi connectivity index (χ2v) is 7.30. The van der Waals surface area contributed by atoms with E-state index in [9.17, 15) is 14.7 Å². The number of hydrogen-bond acceptors (Lipinski definition) is 3. The van der Waals surface area contributed by atoms with Gasteiger partial charge in [-0.25, -0.2) is 0 Å². The van der Waals surface area contributed by atoms with Crippen LogP contribution in [-0.2, 0) is 16.0 Å². The van der Waals surface area contributed by atoms with Gasteiger partial charge in [-0.3, -0.25) is 14.9 Å². The zero-order chi connectivity index (χ0) is 18.4. The number of carbonyl (C=O) groups excluding carboxylic acids is 1. The molecule has 0 aliphatic heterocycles. The van der Waals surface area contributed by atoms with E-state index in [-0.39, 0.29) is 11.9 Å². The Balaban J connectivity index is 2.10. The Morgan fingerprint density at radius 3 is 2.60 bits per heavy atom. The highest BCUT2D eigenvalue weighted by molar-refractivity contribution is 5.83. The second-order valence-electron chi connectivity index (χ2n) is 7.30. The van der Waals surface area contributed by atoms with E-state index in [0.717, 1.165) is 19.3 Å². The van der Waals surface area contributed by atoms with E-state index in [1.807, 2.05) is 32.9 Å². The molecule has 0 heterocycles. The molecule has 5 nitrogen and oxygen atoms in total. The summed E-state index contributed by atoms with van der Waals surface area (Å²) in [7, 11) is 0. The quantitative estimate of drug-likeness (QED) is 0.676. The van der Waals surface area contributed by atoms with E-state index < -0.39 is 18.1 Å². The molecular formula is C20H30N2O3. The maximum atomic E-state index is 12.9. The predicted octanol–water partition coefficient (Wildman–Crippen LogP) is 3.05. The summed E-state index contributed by atoms with van der Waals surface area (Å²) >= 11 is 0. The van der Waals surface area contributed by atoms with Gasteiger partial charge < -0.3 is 10.4 Å². The monoisotopic (exact) mass is 346 g/mol. The standard InChI is InChI=1S/C20H30N2O3/c1-4-16(20(24)25)21-18(12-13(2)3)19(23)22-17-11-7-9-14-8-5-6-10-15(14)17/h5-6,8,10,13,16-18,21H,4,7,9,11-12H2,1-3H3,(H,22,23)(H,24,25). The summed E-state index contributed by atoms with van der Waals surface area (Å²) in [6.07, 6.45) is 4.09. The molecule has 0 radical (unpaired) electrons. The Morgan fingerprint density at radius 2 is 1.96 bits per heavy atom. The molecule has 138 valence electrons. The SMILES string of the molecule is CCC(NC(CC(C)C)C(=O)NC1CCCc2ccccc21)C(=O)O. The largest absolute Gasteiger partial charge is 0.480 e.